The zero-order chi connectivity index (χ0) is 14.9. The Balaban J connectivity index is 2.38. The molecule has 0 aliphatic carbocycles. The Hall–Kier alpha value is -2.02. The SMILES string of the molecule is CCc1nn(C)c(Oc2cccc(S(C)(=O)=O)c2)c1N. The highest BCUT2D eigenvalue weighted by molar-refractivity contribution is 7.90. The van der Waals surface area contributed by atoms with Crippen molar-refractivity contribution in [1.29, 1.82) is 0 Å². The number of nitrogens with two attached hydrogens (primary N) is 1. The van der Waals surface area contributed by atoms with E-state index in [4.69, 9.17) is 10.5 Å². The van der Waals surface area contributed by atoms with Gasteiger partial charge in [-0.3, -0.25) is 0 Å². The van der Waals surface area contributed by atoms with Crippen LogP contribution in [0.15, 0.2) is 29.2 Å². The van der Waals surface area contributed by atoms with Gasteiger partial charge >= 0.3 is 0 Å². The number of anilines is 1. The van der Waals surface area contributed by atoms with Gasteiger partial charge < -0.3 is 10.5 Å². The first-order valence-corrected chi connectivity index (χ1v) is 8.01. The molecule has 1 aromatic heterocycles. The molecule has 0 aliphatic heterocycles. The zero-order valence-corrected chi connectivity index (χ0v) is 12.4. The minimum atomic E-state index is -3.27. The molecular formula is C13H17N3O3S. The Kier molecular flexibility index (Phi) is 3.71. The summed E-state index contributed by atoms with van der Waals surface area (Å²) in [6, 6.07) is 6.28. The first-order valence-electron chi connectivity index (χ1n) is 6.12. The lowest BCUT2D eigenvalue weighted by Crippen LogP contribution is -1.99. The van der Waals surface area contributed by atoms with E-state index >= 15 is 0 Å². The third kappa shape index (κ3) is 2.77. The summed E-state index contributed by atoms with van der Waals surface area (Å²) in [6.07, 6.45) is 1.85. The number of nitrogens with zero attached hydrogens (tertiary/aromatic N) is 2. The Bertz CT molecular complexity index is 735. The second-order valence-corrected chi connectivity index (χ2v) is 6.51. The van der Waals surface area contributed by atoms with Gasteiger partial charge in [-0.15, -0.1) is 0 Å². The van der Waals surface area contributed by atoms with Gasteiger partial charge in [-0.05, 0) is 24.6 Å². The van der Waals surface area contributed by atoms with E-state index < -0.39 is 9.84 Å². The Morgan fingerprint density at radius 3 is 2.65 bits per heavy atom. The first-order chi connectivity index (χ1) is 9.32. The average molecular weight is 295 g/mol. The van der Waals surface area contributed by atoms with Gasteiger partial charge in [0.05, 0.1) is 10.6 Å². The van der Waals surface area contributed by atoms with Crippen LogP contribution in [0.5, 0.6) is 11.6 Å². The van der Waals surface area contributed by atoms with Gasteiger partial charge in [0.2, 0.25) is 5.88 Å². The minimum absolute atomic E-state index is 0.200. The topological polar surface area (TPSA) is 87.2 Å². The monoisotopic (exact) mass is 295 g/mol. The Labute approximate surface area is 118 Å². The molecule has 0 aliphatic rings. The maximum atomic E-state index is 11.5. The molecule has 0 saturated carbocycles. The lowest BCUT2D eigenvalue weighted by molar-refractivity contribution is 0.431. The van der Waals surface area contributed by atoms with E-state index in [9.17, 15) is 8.42 Å². The standard InChI is InChI=1S/C13H17N3O3S/c1-4-11-12(14)13(16(2)15-11)19-9-6-5-7-10(8-9)20(3,17)18/h5-8H,4,14H2,1-3H3. The molecule has 2 aromatic rings. The van der Waals surface area contributed by atoms with Gasteiger partial charge in [-0.25, -0.2) is 13.1 Å². The molecule has 0 amide bonds. The van der Waals surface area contributed by atoms with Gasteiger partial charge in [0, 0.05) is 13.3 Å². The molecule has 6 nitrogen and oxygen atoms in total. The lowest BCUT2D eigenvalue weighted by Gasteiger charge is -2.07. The second-order valence-electron chi connectivity index (χ2n) is 4.49. The number of ether oxygens (including phenoxy) is 1. The number of aromatic nitrogens is 2. The lowest BCUT2D eigenvalue weighted by atomic mass is 10.3. The third-order valence-corrected chi connectivity index (χ3v) is 4.00. The summed E-state index contributed by atoms with van der Waals surface area (Å²) in [7, 11) is -1.54. The number of nitrogen functional groups attached to an aromatic ring is 1. The quantitative estimate of drug-likeness (QED) is 0.928. The molecular weight excluding hydrogens is 278 g/mol. The highest BCUT2D eigenvalue weighted by Gasteiger charge is 2.15. The zero-order valence-electron chi connectivity index (χ0n) is 11.6. The van der Waals surface area contributed by atoms with Crippen LogP contribution in [0.1, 0.15) is 12.6 Å². The smallest absolute Gasteiger partial charge is 0.241 e. The number of aryl methyl sites for hydroxylation is 2. The summed E-state index contributed by atoms with van der Waals surface area (Å²) in [5, 5.41) is 4.24. The van der Waals surface area contributed by atoms with Crippen LogP contribution in [0.3, 0.4) is 0 Å². The number of hydrogen-bond donors (Lipinski definition) is 1. The van der Waals surface area contributed by atoms with Gasteiger partial charge in [0.15, 0.2) is 9.84 Å². The molecule has 0 atom stereocenters. The van der Waals surface area contributed by atoms with Crippen molar-refractivity contribution in [1.82, 2.24) is 9.78 Å². The van der Waals surface area contributed by atoms with E-state index in [1.807, 2.05) is 6.92 Å². The van der Waals surface area contributed by atoms with Gasteiger partial charge in [0.25, 0.3) is 0 Å². The number of benzene rings is 1. The van der Waals surface area contributed by atoms with Crippen molar-refractivity contribution >= 4 is 15.5 Å². The van der Waals surface area contributed by atoms with E-state index in [0.29, 0.717) is 23.7 Å². The number of sulfone groups is 1. The Morgan fingerprint density at radius 1 is 1.40 bits per heavy atom. The van der Waals surface area contributed by atoms with E-state index in [1.165, 1.54) is 12.1 Å². The van der Waals surface area contributed by atoms with Crippen LogP contribution in [0.25, 0.3) is 0 Å². The summed E-state index contributed by atoms with van der Waals surface area (Å²) in [5.74, 6) is 0.817. The van der Waals surface area contributed by atoms with Gasteiger partial charge in [0.1, 0.15) is 11.4 Å². The van der Waals surface area contributed by atoms with Gasteiger partial charge in [-0.2, -0.15) is 5.10 Å². The first kappa shape index (κ1) is 14.4. The van der Waals surface area contributed by atoms with E-state index in [2.05, 4.69) is 5.10 Å². The van der Waals surface area contributed by atoms with Crippen molar-refractivity contribution < 1.29 is 13.2 Å². The van der Waals surface area contributed by atoms with Crippen molar-refractivity contribution in [3.63, 3.8) is 0 Å². The molecule has 1 heterocycles. The summed E-state index contributed by atoms with van der Waals surface area (Å²) >= 11 is 0. The summed E-state index contributed by atoms with van der Waals surface area (Å²) < 4.78 is 30.3. The number of hydrogen-bond acceptors (Lipinski definition) is 5. The molecule has 0 fully saturated rings. The molecule has 7 heteroatoms. The van der Waals surface area contributed by atoms with Crippen LogP contribution in [0, 0.1) is 0 Å². The van der Waals surface area contributed by atoms with Crippen LogP contribution in [-0.4, -0.2) is 24.5 Å². The van der Waals surface area contributed by atoms with Crippen molar-refractivity contribution in [3.8, 4) is 11.6 Å². The average Bonchev–Trinajstić information content (AvgIpc) is 2.65. The number of rotatable bonds is 4. The molecule has 1 aromatic carbocycles. The van der Waals surface area contributed by atoms with Crippen molar-refractivity contribution in [2.75, 3.05) is 12.0 Å². The van der Waals surface area contributed by atoms with Crippen LogP contribution in [-0.2, 0) is 23.3 Å². The van der Waals surface area contributed by atoms with Crippen molar-refractivity contribution in [3.05, 3.63) is 30.0 Å². The molecule has 108 valence electrons. The molecule has 0 bridgehead atoms. The molecule has 0 unspecified atom stereocenters. The summed E-state index contributed by atoms with van der Waals surface area (Å²) in [6.45, 7) is 1.95. The molecule has 20 heavy (non-hydrogen) atoms. The van der Waals surface area contributed by atoms with Crippen LogP contribution in [0.2, 0.25) is 0 Å². The summed E-state index contributed by atoms with van der Waals surface area (Å²) in [5.41, 5.74) is 7.18. The van der Waals surface area contributed by atoms with Gasteiger partial charge in [-0.1, -0.05) is 13.0 Å². The maximum Gasteiger partial charge on any atom is 0.241 e. The predicted octanol–water partition coefficient (Wildman–Crippen LogP) is 1.76. The molecule has 2 rings (SSSR count). The predicted molar refractivity (Wildman–Crippen MR) is 76.6 cm³/mol. The van der Waals surface area contributed by atoms with E-state index in [1.54, 1.807) is 23.9 Å². The second kappa shape index (κ2) is 5.16. The molecule has 0 saturated heterocycles. The largest absolute Gasteiger partial charge is 0.437 e. The highest BCUT2D eigenvalue weighted by Crippen LogP contribution is 2.30. The van der Waals surface area contributed by atoms with Crippen molar-refractivity contribution in [2.24, 2.45) is 7.05 Å². The van der Waals surface area contributed by atoms with Crippen molar-refractivity contribution in [2.45, 2.75) is 18.2 Å². The fraction of sp³-hybridized carbons (Fsp3) is 0.308. The third-order valence-electron chi connectivity index (χ3n) is 2.89. The van der Waals surface area contributed by atoms with Crippen LogP contribution >= 0.6 is 0 Å². The molecule has 0 spiro atoms. The minimum Gasteiger partial charge on any atom is -0.437 e. The summed E-state index contributed by atoms with van der Waals surface area (Å²) in [4.78, 5) is 0.200. The molecule has 2 N–H and O–H groups in total. The molecule has 0 radical (unpaired) electrons. The van der Waals surface area contributed by atoms with E-state index in [0.717, 1.165) is 11.9 Å². The van der Waals surface area contributed by atoms with Crippen LogP contribution < -0.4 is 10.5 Å². The van der Waals surface area contributed by atoms with Crippen LogP contribution in [0.4, 0.5) is 5.69 Å². The maximum absolute atomic E-state index is 11.5. The Morgan fingerprint density at radius 2 is 2.10 bits per heavy atom. The fourth-order valence-corrected chi connectivity index (χ4v) is 2.50. The van der Waals surface area contributed by atoms with E-state index in [-0.39, 0.29) is 4.90 Å². The fourth-order valence-electron chi connectivity index (χ4n) is 1.84. The normalized spacial score (nSPS) is 11.6. The highest BCUT2D eigenvalue weighted by atomic mass is 32.2.